The van der Waals surface area contributed by atoms with E-state index in [1.165, 1.54) is 10.4 Å². The molecule has 2 aromatic rings. The quantitative estimate of drug-likeness (QED) is 0.732. The van der Waals surface area contributed by atoms with E-state index in [2.05, 4.69) is 0 Å². The zero-order valence-electron chi connectivity index (χ0n) is 15.6. The number of nitrogens with zero attached hydrogens (tertiary/aromatic N) is 2. The lowest BCUT2D eigenvalue weighted by atomic mass is 10.0. The van der Waals surface area contributed by atoms with Gasteiger partial charge in [0.15, 0.2) is 0 Å². The largest absolute Gasteiger partial charge is 0.492 e. The van der Waals surface area contributed by atoms with Gasteiger partial charge in [0.2, 0.25) is 0 Å². The van der Waals surface area contributed by atoms with Crippen LogP contribution in [0, 0.1) is 0 Å². The van der Waals surface area contributed by atoms with Crippen LogP contribution in [-0.2, 0) is 14.8 Å². The van der Waals surface area contributed by atoms with E-state index in [1.54, 1.807) is 42.5 Å². The Morgan fingerprint density at radius 2 is 1.79 bits per heavy atom. The maximum Gasteiger partial charge on any atom is 0.305 e. The molecule has 3 rings (SSSR count). The molecule has 2 aromatic carbocycles. The van der Waals surface area contributed by atoms with Crippen molar-refractivity contribution in [3.8, 4) is 5.75 Å². The number of sulfonamides is 1. The molecule has 9 heteroatoms. The second kappa shape index (κ2) is 8.81. The zero-order chi connectivity index (χ0) is 19.6. The SMILES string of the molecule is CN(C)CCOc1ccc(N2C(CC(=O)O)c3ccccc3S2(=O)=O)cc1.Cl. The Balaban J connectivity index is 0.00000280. The first kappa shape index (κ1) is 22.0. The molecule has 1 aliphatic rings. The summed E-state index contributed by atoms with van der Waals surface area (Å²) in [4.78, 5) is 13.5. The van der Waals surface area contributed by atoms with Crippen molar-refractivity contribution < 1.29 is 23.1 Å². The molecule has 0 amide bonds. The lowest BCUT2D eigenvalue weighted by Crippen LogP contribution is -2.29. The highest BCUT2D eigenvalue weighted by Gasteiger charge is 2.43. The molecule has 0 bridgehead atoms. The van der Waals surface area contributed by atoms with Crippen LogP contribution in [0.25, 0.3) is 0 Å². The molecule has 0 aliphatic carbocycles. The molecule has 28 heavy (non-hydrogen) atoms. The van der Waals surface area contributed by atoms with Gasteiger partial charge in [-0.2, -0.15) is 0 Å². The van der Waals surface area contributed by atoms with E-state index in [-0.39, 0.29) is 23.7 Å². The molecule has 152 valence electrons. The minimum Gasteiger partial charge on any atom is -0.492 e. The van der Waals surface area contributed by atoms with Gasteiger partial charge in [-0.3, -0.25) is 9.10 Å². The molecule has 7 nitrogen and oxygen atoms in total. The van der Waals surface area contributed by atoms with Crippen LogP contribution in [-0.4, -0.2) is 51.6 Å². The number of likely N-dealkylation sites (N-methyl/N-ethyl adjacent to an activating group) is 1. The van der Waals surface area contributed by atoms with Gasteiger partial charge in [0.25, 0.3) is 10.0 Å². The smallest absolute Gasteiger partial charge is 0.305 e. The van der Waals surface area contributed by atoms with Crippen molar-refractivity contribution in [3.63, 3.8) is 0 Å². The summed E-state index contributed by atoms with van der Waals surface area (Å²) >= 11 is 0. The Morgan fingerprint density at radius 1 is 1.14 bits per heavy atom. The number of anilines is 1. The van der Waals surface area contributed by atoms with Gasteiger partial charge < -0.3 is 14.7 Å². The topological polar surface area (TPSA) is 87.2 Å². The van der Waals surface area contributed by atoms with E-state index in [1.807, 2.05) is 19.0 Å². The summed E-state index contributed by atoms with van der Waals surface area (Å²) in [7, 11) is 0.0860. The van der Waals surface area contributed by atoms with Crippen LogP contribution < -0.4 is 9.04 Å². The van der Waals surface area contributed by atoms with Gasteiger partial charge in [-0.15, -0.1) is 12.4 Å². The van der Waals surface area contributed by atoms with Crippen LogP contribution in [0.5, 0.6) is 5.75 Å². The number of halogens is 1. The van der Waals surface area contributed by atoms with E-state index in [4.69, 9.17) is 4.74 Å². The zero-order valence-corrected chi connectivity index (χ0v) is 17.2. The van der Waals surface area contributed by atoms with Gasteiger partial charge in [-0.1, -0.05) is 18.2 Å². The van der Waals surface area contributed by atoms with Crippen LogP contribution in [0.1, 0.15) is 18.0 Å². The Bertz CT molecular complexity index is 932. The van der Waals surface area contributed by atoms with Gasteiger partial charge >= 0.3 is 5.97 Å². The lowest BCUT2D eigenvalue weighted by Gasteiger charge is -2.25. The number of carboxylic acid groups (broad SMARTS) is 1. The van der Waals surface area contributed by atoms with Gasteiger partial charge in [-0.05, 0) is 50.0 Å². The average Bonchev–Trinajstić information content (AvgIpc) is 2.83. The Labute approximate surface area is 171 Å². The van der Waals surface area contributed by atoms with E-state index in [0.29, 0.717) is 23.6 Å². The molecule has 1 atom stereocenters. The number of ether oxygens (including phenoxy) is 1. The summed E-state index contributed by atoms with van der Waals surface area (Å²) in [6.07, 6.45) is -0.308. The molecule has 0 fully saturated rings. The first-order valence-corrected chi connectivity index (χ1v) is 9.97. The highest BCUT2D eigenvalue weighted by atomic mass is 35.5. The van der Waals surface area contributed by atoms with Crippen molar-refractivity contribution in [2.75, 3.05) is 31.6 Å². The summed E-state index contributed by atoms with van der Waals surface area (Å²) in [6.45, 7) is 1.28. The highest BCUT2D eigenvalue weighted by Crippen LogP contribution is 2.44. The molecule has 1 unspecified atom stereocenters. The van der Waals surface area contributed by atoms with Crippen LogP contribution in [0.2, 0.25) is 0 Å². The molecule has 0 saturated heterocycles. The van der Waals surface area contributed by atoms with Crippen molar-refractivity contribution >= 4 is 34.1 Å². The molecule has 1 heterocycles. The molecule has 0 aromatic heterocycles. The number of hydrogen-bond acceptors (Lipinski definition) is 5. The molecular weight excluding hydrogens is 404 g/mol. The van der Waals surface area contributed by atoms with Crippen LogP contribution in [0.4, 0.5) is 5.69 Å². The fourth-order valence-corrected chi connectivity index (χ4v) is 4.99. The predicted octanol–water partition coefficient (Wildman–Crippen LogP) is 2.77. The van der Waals surface area contributed by atoms with E-state index < -0.39 is 22.0 Å². The van der Waals surface area contributed by atoms with Crippen molar-refractivity contribution in [1.82, 2.24) is 4.90 Å². The highest BCUT2D eigenvalue weighted by molar-refractivity contribution is 7.93. The van der Waals surface area contributed by atoms with Crippen LogP contribution in [0.15, 0.2) is 53.4 Å². The minimum atomic E-state index is -3.81. The van der Waals surface area contributed by atoms with Crippen molar-refractivity contribution in [2.24, 2.45) is 0 Å². The molecule has 1 N–H and O–H groups in total. The number of rotatable bonds is 7. The Hall–Kier alpha value is -2.29. The second-order valence-corrected chi connectivity index (χ2v) is 8.38. The van der Waals surface area contributed by atoms with Gasteiger partial charge in [0.05, 0.1) is 23.0 Å². The fourth-order valence-electron chi connectivity index (χ4n) is 3.10. The summed E-state index contributed by atoms with van der Waals surface area (Å²) in [6, 6.07) is 12.4. The van der Waals surface area contributed by atoms with Crippen LogP contribution >= 0.6 is 12.4 Å². The van der Waals surface area contributed by atoms with Crippen molar-refractivity contribution in [2.45, 2.75) is 17.4 Å². The van der Waals surface area contributed by atoms with Crippen LogP contribution in [0.3, 0.4) is 0 Å². The summed E-state index contributed by atoms with van der Waals surface area (Å²) < 4.78 is 32.8. The Kier molecular flexibility index (Phi) is 6.92. The molecule has 1 aliphatic heterocycles. The number of benzene rings is 2. The lowest BCUT2D eigenvalue weighted by molar-refractivity contribution is -0.137. The van der Waals surface area contributed by atoms with Crippen molar-refractivity contribution in [3.05, 3.63) is 54.1 Å². The van der Waals surface area contributed by atoms with E-state index in [9.17, 15) is 18.3 Å². The number of fused-ring (bicyclic) bond motifs is 1. The van der Waals surface area contributed by atoms with Gasteiger partial charge in [0, 0.05) is 6.54 Å². The number of hydrogen-bond donors (Lipinski definition) is 1. The maximum absolute atomic E-state index is 13.0. The first-order chi connectivity index (χ1) is 12.8. The number of aliphatic carboxylic acids is 1. The second-order valence-electron chi connectivity index (χ2n) is 6.60. The summed E-state index contributed by atoms with van der Waals surface area (Å²) in [5, 5.41) is 9.27. The van der Waals surface area contributed by atoms with Crippen molar-refractivity contribution in [1.29, 1.82) is 0 Å². The molecule has 0 radical (unpaired) electrons. The predicted molar refractivity (Wildman–Crippen MR) is 109 cm³/mol. The molecular formula is C19H23ClN2O5S. The third-order valence-electron chi connectivity index (χ3n) is 4.36. The third-order valence-corrected chi connectivity index (χ3v) is 6.28. The summed E-state index contributed by atoms with van der Waals surface area (Å²) in [5.74, 6) is -0.426. The Morgan fingerprint density at radius 3 is 2.39 bits per heavy atom. The number of carboxylic acids is 1. The average molecular weight is 427 g/mol. The number of carbonyl (C=O) groups is 1. The molecule has 0 spiro atoms. The monoisotopic (exact) mass is 426 g/mol. The van der Waals surface area contributed by atoms with Gasteiger partial charge in [-0.25, -0.2) is 8.42 Å². The van der Waals surface area contributed by atoms with E-state index >= 15 is 0 Å². The molecule has 0 saturated carbocycles. The normalized spacial score (nSPS) is 17.1. The van der Waals surface area contributed by atoms with Gasteiger partial charge in [0.1, 0.15) is 12.4 Å². The standard InChI is InChI=1S/C19H22N2O5S.ClH/c1-20(2)11-12-26-15-9-7-14(8-10-15)21-17(13-19(22)23)16-5-3-4-6-18(16)27(21,24)25;/h3-10,17H,11-13H2,1-2H3,(H,22,23);1H. The summed E-state index contributed by atoms with van der Waals surface area (Å²) in [5.41, 5.74) is 0.920. The first-order valence-electron chi connectivity index (χ1n) is 8.53. The van der Waals surface area contributed by atoms with E-state index in [0.717, 1.165) is 6.54 Å². The fraction of sp³-hybridized carbons (Fsp3) is 0.316. The third kappa shape index (κ3) is 4.40. The minimum absolute atomic E-state index is 0. The maximum atomic E-state index is 13.0.